The number of nitrogens with zero attached hydrogens (tertiary/aromatic N) is 1. The molecule has 0 bridgehead atoms. The van der Waals surface area contributed by atoms with Gasteiger partial charge in [0.25, 0.3) is 0 Å². The zero-order valence-electron chi connectivity index (χ0n) is 14.0. The van der Waals surface area contributed by atoms with Crippen LogP contribution < -0.4 is 0 Å². The van der Waals surface area contributed by atoms with Gasteiger partial charge in [-0.2, -0.15) is 0 Å². The number of hydrogen-bond acceptors (Lipinski definition) is 2. The molecule has 2 nitrogen and oxygen atoms in total. The first kappa shape index (κ1) is 14.7. The highest BCUT2D eigenvalue weighted by Crippen LogP contribution is 2.49. The maximum Gasteiger partial charge on any atom is 0.227 e. The molecule has 0 saturated heterocycles. The molecule has 1 aliphatic rings. The average molecular weight is 346 g/mol. The Bertz CT molecular complexity index is 1120. The molecule has 0 saturated carbocycles. The molecule has 3 heteroatoms. The summed E-state index contributed by atoms with van der Waals surface area (Å²) in [6.07, 6.45) is 0. The number of fused-ring (bicyclic) bond motifs is 4. The fourth-order valence-electron chi connectivity index (χ4n) is 3.84. The Hall–Kier alpha value is -2.58. The van der Waals surface area contributed by atoms with Gasteiger partial charge in [0.15, 0.2) is 5.58 Å². The molecule has 122 valence electrons. The number of benzene rings is 3. The lowest BCUT2D eigenvalue weighted by molar-refractivity contribution is 0.619. The number of hydrogen-bond donors (Lipinski definition) is 0. The molecule has 4 aromatic rings. The van der Waals surface area contributed by atoms with Crippen molar-refractivity contribution in [1.29, 1.82) is 0 Å². The summed E-state index contributed by atoms with van der Waals surface area (Å²) in [5.41, 5.74) is 7.80. The van der Waals surface area contributed by atoms with Crippen molar-refractivity contribution in [3.05, 3.63) is 76.8 Å². The van der Waals surface area contributed by atoms with E-state index in [2.05, 4.69) is 50.2 Å². The third-order valence-corrected chi connectivity index (χ3v) is 5.43. The number of aromatic nitrogens is 1. The standard InChI is InChI=1S/C22H16ClNO/c1-22(2)17-6-4-3-5-15(17)16-11-20-19(12-18(16)22)24-21(25-20)13-7-9-14(23)10-8-13/h3-12H,1-2H3. The highest BCUT2D eigenvalue weighted by atomic mass is 35.5. The molecular formula is C22H16ClNO. The van der Waals surface area contributed by atoms with E-state index in [1.54, 1.807) is 0 Å². The summed E-state index contributed by atoms with van der Waals surface area (Å²) < 4.78 is 6.05. The predicted molar refractivity (Wildman–Crippen MR) is 102 cm³/mol. The Morgan fingerprint density at radius 1 is 0.880 bits per heavy atom. The van der Waals surface area contributed by atoms with E-state index in [0.717, 1.165) is 16.7 Å². The van der Waals surface area contributed by atoms with Crippen LogP contribution >= 0.6 is 11.6 Å². The summed E-state index contributed by atoms with van der Waals surface area (Å²) in [6, 6.07) is 20.5. The van der Waals surface area contributed by atoms with Crippen molar-refractivity contribution in [1.82, 2.24) is 4.98 Å². The molecule has 0 fully saturated rings. The van der Waals surface area contributed by atoms with Crippen LogP contribution in [-0.4, -0.2) is 4.98 Å². The summed E-state index contributed by atoms with van der Waals surface area (Å²) >= 11 is 5.97. The van der Waals surface area contributed by atoms with E-state index < -0.39 is 0 Å². The van der Waals surface area contributed by atoms with E-state index in [9.17, 15) is 0 Å². The Kier molecular flexibility index (Phi) is 2.93. The second kappa shape index (κ2) is 4.96. The predicted octanol–water partition coefficient (Wildman–Crippen LogP) is 6.45. The van der Waals surface area contributed by atoms with Crippen LogP contribution in [0.3, 0.4) is 0 Å². The van der Waals surface area contributed by atoms with E-state index >= 15 is 0 Å². The zero-order chi connectivity index (χ0) is 17.2. The van der Waals surface area contributed by atoms with Crippen LogP contribution in [0.4, 0.5) is 0 Å². The minimum absolute atomic E-state index is 0.0283. The van der Waals surface area contributed by atoms with Crippen LogP contribution in [0.1, 0.15) is 25.0 Å². The monoisotopic (exact) mass is 345 g/mol. The molecule has 1 aromatic heterocycles. The van der Waals surface area contributed by atoms with Crippen LogP contribution in [0.25, 0.3) is 33.7 Å². The number of oxazole rings is 1. The fourth-order valence-corrected chi connectivity index (χ4v) is 3.96. The zero-order valence-corrected chi connectivity index (χ0v) is 14.8. The van der Waals surface area contributed by atoms with E-state index in [-0.39, 0.29) is 5.41 Å². The van der Waals surface area contributed by atoms with E-state index in [4.69, 9.17) is 21.0 Å². The Balaban J connectivity index is 1.73. The summed E-state index contributed by atoms with van der Waals surface area (Å²) in [7, 11) is 0. The normalized spacial score (nSPS) is 14.5. The van der Waals surface area contributed by atoms with Gasteiger partial charge in [0.1, 0.15) is 5.52 Å². The molecule has 1 heterocycles. The first-order valence-corrected chi connectivity index (χ1v) is 8.73. The van der Waals surface area contributed by atoms with Gasteiger partial charge >= 0.3 is 0 Å². The van der Waals surface area contributed by atoms with Gasteiger partial charge in [0, 0.05) is 16.0 Å². The fraction of sp³-hybridized carbons (Fsp3) is 0.136. The lowest BCUT2D eigenvalue weighted by Gasteiger charge is -2.21. The minimum atomic E-state index is -0.0283. The van der Waals surface area contributed by atoms with Crippen LogP contribution in [0.2, 0.25) is 5.02 Å². The highest BCUT2D eigenvalue weighted by Gasteiger charge is 2.35. The quantitative estimate of drug-likeness (QED) is 0.396. The van der Waals surface area contributed by atoms with Crippen LogP contribution in [-0.2, 0) is 5.41 Å². The van der Waals surface area contributed by atoms with Gasteiger partial charge in [0.05, 0.1) is 0 Å². The van der Waals surface area contributed by atoms with Crippen LogP contribution in [0.5, 0.6) is 0 Å². The van der Waals surface area contributed by atoms with Gasteiger partial charge in [0.2, 0.25) is 5.89 Å². The summed E-state index contributed by atoms with van der Waals surface area (Å²) in [5.74, 6) is 0.626. The molecule has 0 aliphatic heterocycles. The molecule has 3 aromatic carbocycles. The molecule has 0 unspecified atom stereocenters. The van der Waals surface area contributed by atoms with Gasteiger partial charge in [-0.15, -0.1) is 0 Å². The van der Waals surface area contributed by atoms with E-state index in [1.165, 1.54) is 22.3 Å². The lowest BCUT2D eigenvalue weighted by atomic mass is 9.82. The third kappa shape index (κ3) is 2.07. The van der Waals surface area contributed by atoms with Crippen molar-refractivity contribution in [2.45, 2.75) is 19.3 Å². The third-order valence-electron chi connectivity index (χ3n) is 5.18. The van der Waals surface area contributed by atoms with Crippen molar-refractivity contribution in [3.63, 3.8) is 0 Å². The molecular weight excluding hydrogens is 330 g/mol. The smallest absolute Gasteiger partial charge is 0.227 e. The van der Waals surface area contributed by atoms with Crippen LogP contribution in [0.15, 0.2) is 65.1 Å². The van der Waals surface area contributed by atoms with Gasteiger partial charge in [-0.05, 0) is 58.7 Å². The van der Waals surface area contributed by atoms with Crippen molar-refractivity contribution in [3.8, 4) is 22.6 Å². The molecule has 25 heavy (non-hydrogen) atoms. The Morgan fingerprint density at radius 2 is 1.64 bits per heavy atom. The molecule has 0 spiro atoms. The van der Waals surface area contributed by atoms with Gasteiger partial charge in [-0.25, -0.2) is 4.98 Å². The van der Waals surface area contributed by atoms with Crippen molar-refractivity contribution in [2.75, 3.05) is 0 Å². The summed E-state index contributed by atoms with van der Waals surface area (Å²) in [4.78, 5) is 4.71. The second-order valence-corrected chi connectivity index (χ2v) is 7.50. The molecule has 0 atom stereocenters. The first-order chi connectivity index (χ1) is 12.0. The van der Waals surface area contributed by atoms with E-state index in [0.29, 0.717) is 10.9 Å². The second-order valence-electron chi connectivity index (χ2n) is 7.06. The van der Waals surface area contributed by atoms with Crippen molar-refractivity contribution in [2.24, 2.45) is 0 Å². The SMILES string of the molecule is CC1(C)c2ccccc2-c2cc3oc(-c4ccc(Cl)cc4)nc3cc21. The topological polar surface area (TPSA) is 26.0 Å². The summed E-state index contributed by atoms with van der Waals surface area (Å²) in [5, 5.41) is 0.706. The largest absolute Gasteiger partial charge is 0.436 e. The number of halogens is 1. The van der Waals surface area contributed by atoms with Crippen molar-refractivity contribution < 1.29 is 4.42 Å². The maximum absolute atomic E-state index is 6.05. The van der Waals surface area contributed by atoms with E-state index in [1.807, 2.05) is 24.3 Å². The van der Waals surface area contributed by atoms with Gasteiger partial charge < -0.3 is 4.42 Å². The van der Waals surface area contributed by atoms with Crippen molar-refractivity contribution >= 4 is 22.7 Å². The lowest BCUT2D eigenvalue weighted by Crippen LogP contribution is -2.14. The number of rotatable bonds is 1. The molecule has 1 aliphatic carbocycles. The average Bonchev–Trinajstić information content (AvgIpc) is 3.12. The van der Waals surface area contributed by atoms with Crippen LogP contribution in [0, 0.1) is 0 Å². The molecule has 5 rings (SSSR count). The molecule has 0 amide bonds. The highest BCUT2D eigenvalue weighted by molar-refractivity contribution is 6.30. The Morgan fingerprint density at radius 3 is 2.44 bits per heavy atom. The Labute approximate surface area is 151 Å². The first-order valence-electron chi connectivity index (χ1n) is 8.35. The van der Waals surface area contributed by atoms with Gasteiger partial charge in [-0.3, -0.25) is 0 Å². The summed E-state index contributed by atoms with van der Waals surface area (Å²) in [6.45, 7) is 4.54. The molecule has 0 N–H and O–H groups in total. The van der Waals surface area contributed by atoms with Gasteiger partial charge in [-0.1, -0.05) is 49.7 Å². The minimum Gasteiger partial charge on any atom is -0.436 e. The maximum atomic E-state index is 6.05. The molecule has 0 radical (unpaired) electrons.